The lowest BCUT2D eigenvalue weighted by atomic mass is 10.2. The van der Waals surface area contributed by atoms with Gasteiger partial charge in [-0.25, -0.2) is 0 Å². The normalized spacial score (nSPS) is 10.4. The van der Waals surface area contributed by atoms with Crippen LogP contribution in [-0.4, -0.2) is 16.5 Å². The summed E-state index contributed by atoms with van der Waals surface area (Å²) in [7, 11) is 0. The van der Waals surface area contributed by atoms with Gasteiger partial charge in [0.05, 0.1) is 16.5 Å². The molecule has 7 heteroatoms. The topological polar surface area (TPSA) is 95.5 Å². The Hall–Kier alpha value is -2.44. The van der Waals surface area contributed by atoms with Gasteiger partial charge in [-0.15, -0.1) is 0 Å². The second-order valence-corrected chi connectivity index (χ2v) is 3.02. The van der Waals surface area contributed by atoms with Crippen LogP contribution in [0.5, 0.6) is 5.75 Å². The molecule has 0 N–H and O–H groups in total. The second kappa shape index (κ2) is 5.59. The number of hydrogen-bond acceptors (Lipinski definition) is 5. The zero-order chi connectivity index (χ0) is 12.8. The van der Waals surface area contributed by atoms with Crippen molar-refractivity contribution < 1.29 is 14.6 Å². The van der Waals surface area contributed by atoms with Gasteiger partial charge in [-0.2, -0.15) is 0 Å². The molecule has 0 atom stereocenters. The highest BCUT2D eigenvalue weighted by Gasteiger charge is 2.15. The SMILES string of the molecule is CCOc1ccc(C=C[N+](=O)[O-])cc1[N+](=O)[O-]. The minimum absolute atomic E-state index is 0.149. The molecule has 0 aliphatic heterocycles. The summed E-state index contributed by atoms with van der Waals surface area (Å²) >= 11 is 0. The van der Waals surface area contributed by atoms with Crippen LogP contribution >= 0.6 is 0 Å². The van der Waals surface area contributed by atoms with Crippen LogP contribution in [0.2, 0.25) is 0 Å². The minimum Gasteiger partial charge on any atom is -0.487 e. The molecule has 90 valence electrons. The van der Waals surface area contributed by atoms with Crippen molar-refractivity contribution >= 4 is 11.8 Å². The molecular formula is C10H10N2O5. The molecule has 0 aliphatic rings. The van der Waals surface area contributed by atoms with E-state index in [9.17, 15) is 20.2 Å². The standard InChI is InChI=1S/C10H10N2O5/c1-2-17-10-4-3-8(5-6-11(13)14)7-9(10)12(15)16/h3-7H,2H2,1H3. The van der Waals surface area contributed by atoms with Crippen LogP contribution in [-0.2, 0) is 0 Å². The van der Waals surface area contributed by atoms with Crippen molar-refractivity contribution in [2.45, 2.75) is 6.92 Å². The molecule has 1 aromatic carbocycles. The van der Waals surface area contributed by atoms with E-state index < -0.39 is 9.85 Å². The van der Waals surface area contributed by atoms with Crippen LogP contribution in [0.1, 0.15) is 12.5 Å². The van der Waals surface area contributed by atoms with Crippen LogP contribution in [0.4, 0.5) is 5.69 Å². The van der Waals surface area contributed by atoms with Crippen LogP contribution in [0.3, 0.4) is 0 Å². The Morgan fingerprint density at radius 2 is 2.06 bits per heavy atom. The Kier molecular flexibility index (Phi) is 4.15. The van der Waals surface area contributed by atoms with E-state index in [4.69, 9.17) is 4.74 Å². The second-order valence-electron chi connectivity index (χ2n) is 3.02. The first kappa shape index (κ1) is 12.6. The summed E-state index contributed by atoms with van der Waals surface area (Å²) in [5.41, 5.74) is 0.161. The van der Waals surface area contributed by atoms with Crippen molar-refractivity contribution in [2.75, 3.05) is 6.61 Å². The molecule has 0 spiro atoms. The number of hydrogen-bond donors (Lipinski definition) is 0. The van der Waals surface area contributed by atoms with Gasteiger partial charge < -0.3 is 4.74 Å². The summed E-state index contributed by atoms with van der Waals surface area (Å²) in [6, 6.07) is 4.16. The quantitative estimate of drug-likeness (QED) is 0.579. The van der Waals surface area contributed by atoms with Crippen molar-refractivity contribution in [3.05, 3.63) is 50.2 Å². The van der Waals surface area contributed by atoms with E-state index in [2.05, 4.69) is 0 Å². The highest BCUT2D eigenvalue weighted by molar-refractivity contribution is 5.58. The number of rotatable bonds is 5. The first-order valence-corrected chi connectivity index (χ1v) is 4.77. The lowest BCUT2D eigenvalue weighted by Gasteiger charge is -2.04. The maximum absolute atomic E-state index is 10.8. The molecule has 0 heterocycles. The summed E-state index contributed by atoms with van der Waals surface area (Å²) in [6.45, 7) is 2.02. The van der Waals surface area contributed by atoms with E-state index in [1.165, 1.54) is 24.3 Å². The number of ether oxygens (including phenoxy) is 1. The molecule has 0 bridgehead atoms. The van der Waals surface area contributed by atoms with Crippen molar-refractivity contribution in [1.29, 1.82) is 0 Å². The molecule has 17 heavy (non-hydrogen) atoms. The summed E-state index contributed by atoms with van der Waals surface area (Å²) in [5, 5.41) is 20.9. The lowest BCUT2D eigenvalue weighted by Crippen LogP contribution is -1.97. The zero-order valence-electron chi connectivity index (χ0n) is 9.03. The summed E-state index contributed by atoms with van der Waals surface area (Å²) in [6.07, 6.45) is 1.90. The molecule has 0 aliphatic carbocycles. The predicted molar refractivity (Wildman–Crippen MR) is 60.3 cm³/mol. The van der Waals surface area contributed by atoms with Gasteiger partial charge in [-0.05, 0) is 18.6 Å². The van der Waals surface area contributed by atoms with Crippen molar-refractivity contribution in [3.63, 3.8) is 0 Å². The van der Waals surface area contributed by atoms with Crippen LogP contribution in [0.15, 0.2) is 24.4 Å². The van der Waals surface area contributed by atoms with Gasteiger partial charge in [0.1, 0.15) is 0 Å². The molecule has 0 radical (unpaired) electrons. The first-order valence-electron chi connectivity index (χ1n) is 4.77. The summed E-state index contributed by atoms with van der Waals surface area (Å²) < 4.78 is 5.08. The molecular weight excluding hydrogens is 228 g/mol. The Morgan fingerprint density at radius 3 is 2.59 bits per heavy atom. The Balaban J connectivity index is 3.09. The van der Waals surface area contributed by atoms with E-state index in [0.29, 0.717) is 12.2 Å². The highest BCUT2D eigenvalue weighted by atomic mass is 16.6. The molecule has 0 saturated carbocycles. The molecule has 1 rings (SSSR count). The smallest absolute Gasteiger partial charge is 0.311 e. The molecule has 0 fully saturated rings. The average Bonchev–Trinajstić information content (AvgIpc) is 2.27. The van der Waals surface area contributed by atoms with Gasteiger partial charge in [0.15, 0.2) is 5.75 Å². The van der Waals surface area contributed by atoms with Crippen molar-refractivity contribution in [3.8, 4) is 5.75 Å². The molecule has 1 aromatic rings. The van der Waals surface area contributed by atoms with Crippen molar-refractivity contribution in [1.82, 2.24) is 0 Å². The van der Waals surface area contributed by atoms with Gasteiger partial charge in [-0.1, -0.05) is 6.07 Å². The van der Waals surface area contributed by atoms with Gasteiger partial charge in [0.25, 0.3) is 0 Å². The fourth-order valence-corrected chi connectivity index (χ4v) is 1.21. The summed E-state index contributed by atoms with van der Waals surface area (Å²) in [4.78, 5) is 19.7. The predicted octanol–water partition coefficient (Wildman–Crippen LogP) is 2.24. The zero-order valence-corrected chi connectivity index (χ0v) is 9.03. The van der Waals surface area contributed by atoms with Gasteiger partial charge in [-0.3, -0.25) is 20.2 Å². The summed E-state index contributed by atoms with van der Waals surface area (Å²) in [5.74, 6) is 0.149. The Morgan fingerprint density at radius 1 is 1.35 bits per heavy atom. The fourth-order valence-electron chi connectivity index (χ4n) is 1.21. The number of nitro groups is 2. The molecule has 7 nitrogen and oxygen atoms in total. The van der Waals surface area contributed by atoms with E-state index in [0.717, 1.165) is 6.20 Å². The number of nitrogens with zero attached hydrogens (tertiary/aromatic N) is 2. The van der Waals surface area contributed by atoms with E-state index in [1.807, 2.05) is 0 Å². The van der Waals surface area contributed by atoms with E-state index in [1.54, 1.807) is 6.92 Å². The minimum atomic E-state index is -0.637. The monoisotopic (exact) mass is 238 g/mol. The molecule has 0 saturated heterocycles. The van der Waals surface area contributed by atoms with Gasteiger partial charge >= 0.3 is 5.69 Å². The van der Waals surface area contributed by atoms with Crippen LogP contribution < -0.4 is 4.74 Å². The number of nitro benzene ring substituents is 1. The fraction of sp³-hybridized carbons (Fsp3) is 0.200. The van der Waals surface area contributed by atoms with E-state index >= 15 is 0 Å². The first-order chi connectivity index (χ1) is 8.04. The Bertz CT molecular complexity index is 470. The number of benzene rings is 1. The molecule has 0 aromatic heterocycles. The Labute approximate surface area is 96.6 Å². The van der Waals surface area contributed by atoms with Crippen LogP contribution in [0.25, 0.3) is 6.08 Å². The average molecular weight is 238 g/mol. The lowest BCUT2D eigenvalue weighted by molar-refractivity contribution is -0.400. The van der Waals surface area contributed by atoms with Gasteiger partial charge in [0.2, 0.25) is 6.20 Å². The molecule has 0 unspecified atom stereocenters. The third-order valence-electron chi connectivity index (χ3n) is 1.87. The third-order valence-corrected chi connectivity index (χ3v) is 1.87. The highest BCUT2D eigenvalue weighted by Crippen LogP contribution is 2.28. The van der Waals surface area contributed by atoms with Gasteiger partial charge in [0, 0.05) is 12.1 Å². The van der Waals surface area contributed by atoms with Crippen LogP contribution in [0, 0.1) is 20.2 Å². The maximum atomic E-state index is 10.8. The van der Waals surface area contributed by atoms with Crippen molar-refractivity contribution in [2.24, 2.45) is 0 Å². The third kappa shape index (κ3) is 3.56. The largest absolute Gasteiger partial charge is 0.487 e. The van der Waals surface area contributed by atoms with E-state index in [-0.39, 0.29) is 11.4 Å². The molecule has 0 amide bonds. The maximum Gasteiger partial charge on any atom is 0.311 e.